The average Bonchev–Trinajstić information content (AvgIpc) is 2.79. The highest BCUT2D eigenvalue weighted by Gasteiger charge is 2.35. The molecule has 0 bridgehead atoms. The van der Waals surface area contributed by atoms with Crippen LogP contribution in [0.15, 0.2) is 36.7 Å². The fraction of sp³-hybridized carbons (Fsp3) is 0.0714. The molecule has 0 saturated heterocycles. The van der Waals surface area contributed by atoms with Crippen molar-refractivity contribution in [2.75, 3.05) is 0 Å². The zero-order valence-corrected chi connectivity index (χ0v) is 11.1. The van der Waals surface area contributed by atoms with Crippen LogP contribution in [0.5, 0.6) is 5.75 Å². The van der Waals surface area contributed by atoms with Crippen molar-refractivity contribution in [3.05, 3.63) is 47.4 Å². The fourth-order valence-corrected chi connectivity index (χ4v) is 2.48. The molecule has 0 aliphatic carbocycles. The summed E-state index contributed by atoms with van der Waals surface area (Å²) < 4.78 is 39.3. The molecule has 0 radical (unpaired) electrons. The summed E-state index contributed by atoms with van der Waals surface area (Å²) in [6.45, 7) is 0. The van der Waals surface area contributed by atoms with Crippen molar-refractivity contribution in [1.82, 2.24) is 9.97 Å². The number of aromatic nitrogens is 2. The van der Waals surface area contributed by atoms with E-state index in [9.17, 15) is 18.3 Å². The molecule has 1 aromatic carbocycles. The van der Waals surface area contributed by atoms with Gasteiger partial charge in [0.15, 0.2) is 5.69 Å². The molecule has 0 amide bonds. The van der Waals surface area contributed by atoms with E-state index in [0.29, 0.717) is 11.1 Å². The van der Waals surface area contributed by atoms with Crippen LogP contribution in [0.25, 0.3) is 22.0 Å². The van der Waals surface area contributed by atoms with Gasteiger partial charge in [0.1, 0.15) is 5.75 Å². The van der Waals surface area contributed by atoms with Crippen LogP contribution in [0.1, 0.15) is 5.69 Å². The van der Waals surface area contributed by atoms with Crippen molar-refractivity contribution in [2.45, 2.75) is 6.18 Å². The van der Waals surface area contributed by atoms with Gasteiger partial charge in [-0.25, -0.2) is 0 Å². The Hall–Kier alpha value is -2.21. The molecule has 2 heterocycles. The first-order valence-corrected chi connectivity index (χ1v) is 6.27. The Morgan fingerprint density at radius 1 is 1.19 bits per heavy atom. The first-order chi connectivity index (χ1) is 9.86. The Morgan fingerprint density at radius 3 is 2.62 bits per heavy atom. The van der Waals surface area contributed by atoms with Crippen LogP contribution < -0.4 is 0 Å². The van der Waals surface area contributed by atoms with E-state index in [1.165, 1.54) is 30.5 Å². The Labute approximate surface area is 122 Å². The van der Waals surface area contributed by atoms with E-state index in [2.05, 4.69) is 9.97 Å². The molecule has 0 unspecified atom stereocenters. The Bertz CT molecular complexity index is 806. The lowest BCUT2D eigenvalue weighted by atomic mass is 10.0. The number of alkyl halides is 3. The number of phenolic OH excluding ortho intramolecular Hbond substituents is 1. The predicted molar refractivity (Wildman–Crippen MR) is 73.2 cm³/mol. The molecule has 0 aliphatic heterocycles. The minimum absolute atomic E-state index is 0.0494. The molecular formula is C14H8ClF3N2O. The number of H-pyrrole nitrogens is 1. The van der Waals surface area contributed by atoms with Gasteiger partial charge >= 0.3 is 6.18 Å². The molecule has 3 rings (SSSR count). The van der Waals surface area contributed by atoms with Crippen molar-refractivity contribution in [3.63, 3.8) is 0 Å². The highest BCUT2D eigenvalue weighted by molar-refractivity contribution is 6.31. The summed E-state index contributed by atoms with van der Waals surface area (Å²) in [5.41, 5.74) is -0.00418. The number of benzene rings is 1. The lowest BCUT2D eigenvalue weighted by Gasteiger charge is -2.09. The Kier molecular flexibility index (Phi) is 3.06. The quantitative estimate of drug-likeness (QED) is 0.689. The van der Waals surface area contributed by atoms with Gasteiger partial charge in [0.2, 0.25) is 0 Å². The SMILES string of the molecule is Oc1cc(Cl)cc(-c2c[nH]c3ccnc(C(F)(F)F)c23)c1. The van der Waals surface area contributed by atoms with Crippen LogP contribution in [0.3, 0.4) is 0 Å². The number of hydrogen-bond donors (Lipinski definition) is 2. The number of rotatable bonds is 1. The minimum Gasteiger partial charge on any atom is -0.508 e. The summed E-state index contributed by atoms with van der Waals surface area (Å²) in [5.74, 6) is -0.121. The van der Waals surface area contributed by atoms with Crippen LogP contribution in [0.4, 0.5) is 13.2 Å². The summed E-state index contributed by atoms with van der Waals surface area (Å²) in [5, 5.41) is 9.75. The maximum absolute atomic E-state index is 13.1. The van der Waals surface area contributed by atoms with Crippen LogP contribution in [-0.4, -0.2) is 15.1 Å². The van der Waals surface area contributed by atoms with Crippen molar-refractivity contribution in [2.24, 2.45) is 0 Å². The second-order valence-corrected chi connectivity index (χ2v) is 4.92. The van der Waals surface area contributed by atoms with Gasteiger partial charge in [0.25, 0.3) is 0 Å². The highest BCUT2D eigenvalue weighted by Crippen LogP contribution is 2.39. The van der Waals surface area contributed by atoms with E-state index in [1.54, 1.807) is 0 Å². The molecule has 2 N–H and O–H groups in total. The maximum atomic E-state index is 13.1. The summed E-state index contributed by atoms with van der Waals surface area (Å²) in [4.78, 5) is 6.21. The third-order valence-corrected chi connectivity index (χ3v) is 3.27. The van der Waals surface area contributed by atoms with Gasteiger partial charge in [-0.05, 0) is 29.8 Å². The van der Waals surface area contributed by atoms with Gasteiger partial charge < -0.3 is 10.1 Å². The number of nitrogens with zero attached hydrogens (tertiary/aromatic N) is 1. The molecule has 3 nitrogen and oxygen atoms in total. The van der Waals surface area contributed by atoms with Gasteiger partial charge in [-0.15, -0.1) is 0 Å². The predicted octanol–water partition coefficient (Wildman–Crippen LogP) is 4.61. The van der Waals surface area contributed by atoms with E-state index in [1.807, 2.05) is 0 Å². The molecule has 0 atom stereocenters. The standard InChI is InChI=1S/C14H8ClF3N2O/c15-8-3-7(4-9(21)5-8)10-6-20-11-1-2-19-13(12(10)11)14(16,17)18/h1-6,20-21H. The molecule has 0 saturated carbocycles. The highest BCUT2D eigenvalue weighted by atomic mass is 35.5. The smallest absolute Gasteiger partial charge is 0.434 e. The number of nitrogens with one attached hydrogen (secondary N) is 1. The first kappa shape index (κ1) is 13.8. The summed E-state index contributed by atoms with van der Waals surface area (Å²) in [7, 11) is 0. The maximum Gasteiger partial charge on any atom is 0.434 e. The number of hydrogen-bond acceptors (Lipinski definition) is 2. The zero-order chi connectivity index (χ0) is 15.2. The molecule has 108 valence electrons. The van der Waals surface area contributed by atoms with Crippen LogP contribution >= 0.6 is 11.6 Å². The van der Waals surface area contributed by atoms with Gasteiger partial charge in [-0.2, -0.15) is 13.2 Å². The molecule has 0 spiro atoms. The summed E-state index contributed by atoms with van der Waals surface area (Å²) in [6, 6.07) is 5.60. The molecule has 0 aliphatic rings. The summed E-state index contributed by atoms with van der Waals surface area (Å²) >= 11 is 5.84. The van der Waals surface area contributed by atoms with E-state index in [0.717, 1.165) is 6.20 Å². The van der Waals surface area contributed by atoms with E-state index in [4.69, 9.17) is 11.6 Å². The number of halogens is 4. The van der Waals surface area contributed by atoms with Crippen molar-refractivity contribution >= 4 is 22.5 Å². The van der Waals surface area contributed by atoms with Gasteiger partial charge in [0, 0.05) is 33.9 Å². The lowest BCUT2D eigenvalue weighted by Crippen LogP contribution is -2.08. The molecule has 2 aromatic heterocycles. The third kappa shape index (κ3) is 2.42. The number of aromatic hydroxyl groups is 1. The Balaban J connectivity index is 2.33. The fourth-order valence-electron chi connectivity index (χ4n) is 2.25. The molecule has 3 aromatic rings. The molecule has 21 heavy (non-hydrogen) atoms. The third-order valence-electron chi connectivity index (χ3n) is 3.05. The van der Waals surface area contributed by atoms with Crippen molar-refractivity contribution in [3.8, 4) is 16.9 Å². The second-order valence-electron chi connectivity index (χ2n) is 4.48. The van der Waals surface area contributed by atoms with Crippen LogP contribution in [0, 0.1) is 0 Å². The van der Waals surface area contributed by atoms with Crippen molar-refractivity contribution in [1.29, 1.82) is 0 Å². The largest absolute Gasteiger partial charge is 0.508 e. The topological polar surface area (TPSA) is 48.9 Å². The van der Waals surface area contributed by atoms with Crippen LogP contribution in [0.2, 0.25) is 5.02 Å². The van der Waals surface area contributed by atoms with Crippen LogP contribution in [-0.2, 0) is 6.18 Å². The first-order valence-electron chi connectivity index (χ1n) is 5.89. The van der Waals surface area contributed by atoms with Gasteiger partial charge in [-0.1, -0.05) is 11.6 Å². The molecule has 0 fully saturated rings. The van der Waals surface area contributed by atoms with E-state index >= 15 is 0 Å². The second kappa shape index (κ2) is 4.66. The Morgan fingerprint density at radius 2 is 1.95 bits per heavy atom. The number of pyridine rings is 1. The van der Waals surface area contributed by atoms with Gasteiger partial charge in [0.05, 0.1) is 0 Å². The number of phenols is 1. The van der Waals surface area contributed by atoms with Crippen molar-refractivity contribution < 1.29 is 18.3 Å². The minimum atomic E-state index is -4.57. The zero-order valence-electron chi connectivity index (χ0n) is 10.4. The molecule has 7 heteroatoms. The average molecular weight is 313 g/mol. The lowest BCUT2D eigenvalue weighted by molar-refractivity contribution is -0.139. The van der Waals surface area contributed by atoms with Gasteiger partial charge in [-0.3, -0.25) is 4.98 Å². The van der Waals surface area contributed by atoms with E-state index in [-0.39, 0.29) is 21.7 Å². The monoisotopic (exact) mass is 312 g/mol. The molecular weight excluding hydrogens is 305 g/mol. The normalized spacial score (nSPS) is 12.0. The summed E-state index contributed by atoms with van der Waals surface area (Å²) in [6.07, 6.45) is -2.04. The number of aromatic amines is 1. The number of fused-ring (bicyclic) bond motifs is 1. The van der Waals surface area contributed by atoms with E-state index < -0.39 is 11.9 Å².